The fourth-order valence-electron chi connectivity index (χ4n) is 1.45. The first kappa shape index (κ1) is 15.2. The molecule has 100 valence electrons. The van der Waals surface area contributed by atoms with Crippen LogP contribution in [0, 0.1) is 12.3 Å². The lowest BCUT2D eigenvalue weighted by molar-refractivity contribution is -0.117. The number of amides is 1. The molecule has 0 radical (unpaired) electrons. The first-order valence-electron chi connectivity index (χ1n) is 6.02. The van der Waals surface area contributed by atoms with Crippen LogP contribution in [0.15, 0.2) is 22.7 Å². The topological polar surface area (TPSA) is 55.1 Å². The van der Waals surface area contributed by atoms with Crippen molar-refractivity contribution >= 4 is 27.5 Å². The molecule has 0 heterocycles. The van der Waals surface area contributed by atoms with E-state index in [-0.39, 0.29) is 17.4 Å². The summed E-state index contributed by atoms with van der Waals surface area (Å²) in [4.78, 5) is 11.9. The van der Waals surface area contributed by atoms with Crippen molar-refractivity contribution in [2.75, 3.05) is 5.32 Å². The number of hydrogen-bond acceptors (Lipinski definition) is 2. The second-order valence-corrected chi connectivity index (χ2v) is 6.49. The standard InChI is InChI=1S/C14H21BrN2O/c1-9-10(15)6-5-7-11(9)17-13(18)8-12(16)14(2,3)4/h5-7,12H,8,16H2,1-4H3,(H,17,18). The molecule has 1 rings (SSSR count). The van der Waals surface area contributed by atoms with Gasteiger partial charge in [0.2, 0.25) is 5.91 Å². The Hall–Kier alpha value is -0.870. The number of nitrogens with two attached hydrogens (primary N) is 1. The molecule has 3 N–H and O–H groups in total. The fraction of sp³-hybridized carbons (Fsp3) is 0.500. The fourth-order valence-corrected chi connectivity index (χ4v) is 1.82. The zero-order valence-electron chi connectivity index (χ0n) is 11.4. The quantitative estimate of drug-likeness (QED) is 0.898. The monoisotopic (exact) mass is 312 g/mol. The molecule has 0 spiro atoms. The van der Waals surface area contributed by atoms with Gasteiger partial charge in [-0.25, -0.2) is 0 Å². The van der Waals surface area contributed by atoms with Crippen molar-refractivity contribution in [3.63, 3.8) is 0 Å². The maximum atomic E-state index is 11.9. The van der Waals surface area contributed by atoms with Gasteiger partial charge in [-0.15, -0.1) is 0 Å². The van der Waals surface area contributed by atoms with Gasteiger partial charge in [0.1, 0.15) is 0 Å². The van der Waals surface area contributed by atoms with E-state index in [1.54, 1.807) is 0 Å². The highest BCUT2D eigenvalue weighted by atomic mass is 79.9. The Labute approximate surface area is 117 Å². The molecule has 0 aliphatic rings. The second kappa shape index (κ2) is 5.85. The summed E-state index contributed by atoms with van der Waals surface area (Å²) in [5.41, 5.74) is 7.79. The Morgan fingerprint density at radius 2 is 2.06 bits per heavy atom. The van der Waals surface area contributed by atoms with Crippen LogP contribution in [0.25, 0.3) is 0 Å². The van der Waals surface area contributed by atoms with Crippen molar-refractivity contribution in [2.24, 2.45) is 11.1 Å². The molecule has 0 aliphatic carbocycles. The van der Waals surface area contributed by atoms with Gasteiger partial charge in [-0.3, -0.25) is 4.79 Å². The molecular formula is C14H21BrN2O. The summed E-state index contributed by atoms with van der Waals surface area (Å²) < 4.78 is 0.986. The molecule has 1 atom stereocenters. The number of anilines is 1. The third-order valence-electron chi connectivity index (χ3n) is 3.06. The lowest BCUT2D eigenvalue weighted by Crippen LogP contribution is -2.38. The van der Waals surface area contributed by atoms with Gasteiger partial charge in [0.05, 0.1) is 0 Å². The average Bonchev–Trinajstić information content (AvgIpc) is 2.23. The number of halogens is 1. The van der Waals surface area contributed by atoms with Gasteiger partial charge >= 0.3 is 0 Å². The number of carbonyl (C=O) groups is 1. The summed E-state index contributed by atoms with van der Waals surface area (Å²) in [6.45, 7) is 8.07. The molecule has 0 saturated heterocycles. The van der Waals surface area contributed by atoms with E-state index in [0.29, 0.717) is 6.42 Å². The molecule has 1 aromatic rings. The van der Waals surface area contributed by atoms with Crippen molar-refractivity contribution in [2.45, 2.75) is 40.2 Å². The van der Waals surface area contributed by atoms with Gasteiger partial charge < -0.3 is 11.1 Å². The Morgan fingerprint density at radius 3 is 2.61 bits per heavy atom. The molecule has 1 unspecified atom stereocenters. The van der Waals surface area contributed by atoms with Crippen LogP contribution < -0.4 is 11.1 Å². The van der Waals surface area contributed by atoms with Crippen molar-refractivity contribution < 1.29 is 4.79 Å². The first-order chi connectivity index (χ1) is 8.21. The van der Waals surface area contributed by atoms with Gasteiger partial charge in [0.15, 0.2) is 0 Å². The van der Waals surface area contributed by atoms with E-state index in [2.05, 4.69) is 21.2 Å². The average molecular weight is 313 g/mol. The SMILES string of the molecule is Cc1c(Br)cccc1NC(=O)CC(N)C(C)(C)C. The van der Waals surface area contributed by atoms with E-state index in [1.165, 1.54) is 0 Å². The van der Waals surface area contributed by atoms with Crippen LogP contribution in [0.3, 0.4) is 0 Å². The Morgan fingerprint density at radius 1 is 1.44 bits per heavy atom. The van der Waals surface area contributed by atoms with Gasteiger partial charge in [-0.2, -0.15) is 0 Å². The van der Waals surface area contributed by atoms with E-state index in [4.69, 9.17) is 5.73 Å². The van der Waals surface area contributed by atoms with E-state index in [0.717, 1.165) is 15.7 Å². The minimum Gasteiger partial charge on any atom is -0.327 e. The molecule has 1 amide bonds. The van der Waals surface area contributed by atoms with Crippen LogP contribution in [0.2, 0.25) is 0 Å². The number of nitrogens with one attached hydrogen (secondary N) is 1. The van der Waals surface area contributed by atoms with Crippen LogP contribution in [-0.2, 0) is 4.79 Å². The highest BCUT2D eigenvalue weighted by molar-refractivity contribution is 9.10. The molecule has 0 aromatic heterocycles. The van der Waals surface area contributed by atoms with Gasteiger partial charge in [0.25, 0.3) is 0 Å². The molecule has 0 saturated carbocycles. The molecular weight excluding hydrogens is 292 g/mol. The van der Waals surface area contributed by atoms with Crippen LogP contribution >= 0.6 is 15.9 Å². The normalized spacial score (nSPS) is 13.2. The minimum absolute atomic E-state index is 0.0429. The maximum Gasteiger partial charge on any atom is 0.225 e. The number of benzene rings is 1. The second-order valence-electron chi connectivity index (χ2n) is 5.64. The van der Waals surface area contributed by atoms with Crippen LogP contribution in [0.4, 0.5) is 5.69 Å². The third-order valence-corrected chi connectivity index (χ3v) is 3.92. The Kier molecular flexibility index (Phi) is 4.93. The molecule has 0 fully saturated rings. The smallest absolute Gasteiger partial charge is 0.225 e. The minimum atomic E-state index is -0.148. The predicted molar refractivity (Wildman–Crippen MR) is 79.6 cm³/mol. The summed E-state index contributed by atoms with van der Waals surface area (Å²) in [7, 11) is 0. The van der Waals surface area contributed by atoms with E-state index in [9.17, 15) is 4.79 Å². The Balaban J connectivity index is 2.69. The van der Waals surface area contributed by atoms with Crippen molar-refractivity contribution in [1.82, 2.24) is 0 Å². The molecule has 4 heteroatoms. The highest BCUT2D eigenvalue weighted by Crippen LogP contribution is 2.24. The highest BCUT2D eigenvalue weighted by Gasteiger charge is 2.23. The zero-order chi connectivity index (χ0) is 13.9. The van der Waals surface area contributed by atoms with Crippen LogP contribution in [0.1, 0.15) is 32.8 Å². The lowest BCUT2D eigenvalue weighted by Gasteiger charge is -2.26. The Bertz CT molecular complexity index is 438. The molecule has 3 nitrogen and oxygen atoms in total. The van der Waals surface area contributed by atoms with Gasteiger partial charge in [0, 0.05) is 22.6 Å². The molecule has 18 heavy (non-hydrogen) atoms. The predicted octanol–water partition coefficient (Wildman–Crippen LogP) is 3.46. The molecule has 1 aromatic carbocycles. The summed E-state index contributed by atoms with van der Waals surface area (Å²) in [5, 5.41) is 2.91. The first-order valence-corrected chi connectivity index (χ1v) is 6.81. The third kappa shape index (κ3) is 4.10. The lowest BCUT2D eigenvalue weighted by atomic mass is 9.85. The zero-order valence-corrected chi connectivity index (χ0v) is 13.0. The van der Waals surface area contributed by atoms with Crippen LogP contribution in [0.5, 0.6) is 0 Å². The van der Waals surface area contributed by atoms with Gasteiger partial charge in [-0.05, 0) is 30.0 Å². The van der Waals surface area contributed by atoms with E-state index >= 15 is 0 Å². The van der Waals surface area contributed by atoms with E-state index in [1.807, 2.05) is 45.9 Å². The molecule has 0 aliphatic heterocycles. The number of carbonyl (C=O) groups excluding carboxylic acids is 1. The summed E-state index contributed by atoms with van der Waals surface area (Å²) >= 11 is 3.44. The summed E-state index contributed by atoms with van der Waals surface area (Å²) in [6, 6.07) is 5.59. The largest absolute Gasteiger partial charge is 0.327 e. The number of hydrogen-bond donors (Lipinski definition) is 2. The van der Waals surface area contributed by atoms with Crippen LogP contribution in [-0.4, -0.2) is 11.9 Å². The van der Waals surface area contributed by atoms with Crippen molar-refractivity contribution in [3.05, 3.63) is 28.2 Å². The van der Waals surface area contributed by atoms with Crippen molar-refractivity contribution in [3.8, 4) is 0 Å². The van der Waals surface area contributed by atoms with Gasteiger partial charge in [-0.1, -0.05) is 42.8 Å². The molecule has 0 bridgehead atoms. The maximum absolute atomic E-state index is 11.9. The van der Waals surface area contributed by atoms with E-state index < -0.39 is 0 Å². The van der Waals surface area contributed by atoms with Crippen molar-refractivity contribution in [1.29, 1.82) is 0 Å². The number of rotatable bonds is 3. The summed E-state index contributed by atoms with van der Waals surface area (Å²) in [5.74, 6) is -0.0429. The summed E-state index contributed by atoms with van der Waals surface area (Å²) in [6.07, 6.45) is 0.329.